The fraction of sp³-hybridized carbons (Fsp3) is 0.438. The normalized spacial score (nSPS) is 19.3. The van der Waals surface area contributed by atoms with Gasteiger partial charge in [-0.25, -0.2) is 0 Å². The first kappa shape index (κ1) is 13.8. The van der Waals surface area contributed by atoms with Gasteiger partial charge in [0.1, 0.15) is 0 Å². The molecule has 1 aromatic heterocycles. The Morgan fingerprint density at radius 1 is 1.24 bits per heavy atom. The van der Waals surface area contributed by atoms with Crippen molar-refractivity contribution in [2.24, 2.45) is 0 Å². The van der Waals surface area contributed by atoms with Crippen molar-refractivity contribution in [3.05, 3.63) is 47.6 Å². The smallest absolute Gasteiger partial charge is 0.254 e. The van der Waals surface area contributed by atoms with Gasteiger partial charge < -0.3 is 9.42 Å². The summed E-state index contributed by atoms with van der Waals surface area (Å²) in [5.41, 5.74) is 0.713. The fourth-order valence-electron chi connectivity index (χ4n) is 2.82. The molecule has 5 nitrogen and oxygen atoms in total. The van der Waals surface area contributed by atoms with E-state index < -0.39 is 0 Å². The molecular weight excluding hydrogens is 266 g/mol. The van der Waals surface area contributed by atoms with E-state index in [1.807, 2.05) is 35.2 Å². The van der Waals surface area contributed by atoms with Crippen molar-refractivity contribution >= 4 is 5.91 Å². The van der Waals surface area contributed by atoms with Gasteiger partial charge >= 0.3 is 0 Å². The molecule has 0 radical (unpaired) electrons. The average molecular weight is 285 g/mol. The maximum absolute atomic E-state index is 12.8. The first-order valence-corrected chi connectivity index (χ1v) is 7.42. The molecule has 1 unspecified atom stereocenters. The third-order valence-corrected chi connectivity index (χ3v) is 3.88. The highest BCUT2D eigenvalue weighted by molar-refractivity contribution is 5.94. The maximum Gasteiger partial charge on any atom is 0.254 e. The zero-order chi connectivity index (χ0) is 14.7. The molecule has 21 heavy (non-hydrogen) atoms. The molecule has 1 aliphatic rings. The standard InChI is InChI=1S/C16H19N3O2/c1-12-17-15(18-21-12)14-10-6-3-7-11-19(14)16(20)13-8-4-2-5-9-13/h2,4-5,8-9,14H,3,6-7,10-11H2,1H3. The summed E-state index contributed by atoms with van der Waals surface area (Å²) in [5.74, 6) is 1.21. The quantitative estimate of drug-likeness (QED) is 0.850. The van der Waals surface area contributed by atoms with E-state index in [-0.39, 0.29) is 11.9 Å². The number of hydrogen-bond acceptors (Lipinski definition) is 4. The van der Waals surface area contributed by atoms with Crippen molar-refractivity contribution in [2.75, 3.05) is 6.54 Å². The number of carbonyl (C=O) groups is 1. The lowest BCUT2D eigenvalue weighted by Gasteiger charge is -2.27. The molecule has 3 rings (SSSR count). The minimum atomic E-state index is -0.0855. The van der Waals surface area contributed by atoms with E-state index in [1.165, 1.54) is 0 Å². The SMILES string of the molecule is Cc1nc(C2CCCCCN2C(=O)c2ccccc2)no1. The number of aryl methyl sites for hydroxylation is 1. The van der Waals surface area contributed by atoms with Crippen LogP contribution in [-0.2, 0) is 0 Å². The zero-order valence-electron chi connectivity index (χ0n) is 12.2. The number of hydrogen-bond donors (Lipinski definition) is 0. The minimum Gasteiger partial charge on any atom is -0.340 e. The second-order valence-corrected chi connectivity index (χ2v) is 5.40. The van der Waals surface area contributed by atoms with Gasteiger partial charge in [-0.05, 0) is 25.0 Å². The van der Waals surface area contributed by atoms with Crippen molar-refractivity contribution in [3.8, 4) is 0 Å². The lowest BCUT2D eigenvalue weighted by Crippen LogP contribution is -2.35. The molecule has 0 bridgehead atoms. The summed E-state index contributed by atoms with van der Waals surface area (Å²) < 4.78 is 5.09. The lowest BCUT2D eigenvalue weighted by molar-refractivity contribution is 0.0670. The highest BCUT2D eigenvalue weighted by atomic mass is 16.5. The molecule has 1 aliphatic heterocycles. The van der Waals surface area contributed by atoms with E-state index in [0.717, 1.165) is 32.2 Å². The summed E-state index contributed by atoms with van der Waals surface area (Å²) in [4.78, 5) is 19.0. The van der Waals surface area contributed by atoms with Crippen LogP contribution in [0.5, 0.6) is 0 Å². The predicted molar refractivity (Wildman–Crippen MR) is 77.7 cm³/mol. The van der Waals surface area contributed by atoms with Crippen molar-refractivity contribution in [2.45, 2.75) is 38.6 Å². The molecule has 2 aromatic rings. The van der Waals surface area contributed by atoms with Gasteiger partial charge in [-0.3, -0.25) is 4.79 Å². The van der Waals surface area contributed by atoms with Crippen LogP contribution in [0.15, 0.2) is 34.9 Å². The highest BCUT2D eigenvalue weighted by Crippen LogP contribution is 2.29. The monoisotopic (exact) mass is 285 g/mol. The van der Waals surface area contributed by atoms with Crippen molar-refractivity contribution in [1.82, 2.24) is 15.0 Å². The predicted octanol–water partition coefficient (Wildman–Crippen LogP) is 3.14. The molecule has 1 fully saturated rings. The van der Waals surface area contributed by atoms with Crippen LogP contribution in [0.1, 0.15) is 53.8 Å². The first-order valence-electron chi connectivity index (χ1n) is 7.42. The summed E-state index contributed by atoms with van der Waals surface area (Å²) in [6.07, 6.45) is 4.12. The van der Waals surface area contributed by atoms with Crippen molar-refractivity contribution in [3.63, 3.8) is 0 Å². The van der Waals surface area contributed by atoms with Gasteiger partial charge in [0.2, 0.25) is 5.89 Å². The summed E-state index contributed by atoms with van der Waals surface area (Å²) in [6.45, 7) is 2.52. The Balaban J connectivity index is 1.90. The van der Waals surface area contributed by atoms with Crippen LogP contribution in [0, 0.1) is 6.92 Å². The lowest BCUT2D eigenvalue weighted by atomic mass is 10.1. The molecule has 110 valence electrons. The van der Waals surface area contributed by atoms with Crippen LogP contribution in [0.4, 0.5) is 0 Å². The van der Waals surface area contributed by atoms with E-state index in [0.29, 0.717) is 17.3 Å². The number of aromatic nitrogens is 2. The van der Waals surface area contributed by atoms with E-state index in [2.05, 4.69) is 10.1 Å². The molecule has 0 spiro atoms. The molecule has 0 aliphatic carbocycles. The Morgan fingerprint density at radius 3 is 2.76 bits per heavy atom. The molecule has 2 heterocycles. The van der Waals surface area contributed by atoms with Gasteiger partial charge in [-0.15, -0.1) is 0 Å². The summed E-state index contributed by atoms with van der Waals surface area (Å²) in [5, 5.41) is 4.03. The number of rotatable bonds is 2. The van der Waals surface area contributed by atoms with E-state index in [4.69, 9.17) is 4.52 Å². The number of benzene rings is 1. The summed E-state index contributed by atoms with van der Waals surface area (Å²) >= 11 is 0. The maximum atomic E-state index is 12.8. The zero-order valence-corrected chi connectivity index (χ0v) is 12.2. The van der Waals surface area contributed by atoms with Gasteiger partial charge in [0, 0.05) is 19.0 Å². The Morgan fingerprint density at radius 2 is 2.05 bits per heavy atom. The van der Waals surface area contributed by atoms with Crippen molar-refractivity contribution in [1.29, 1.82) is 0 Å². The molecule has 1 atom stereocenters. The van der Waals surface area contributed by atoms with E-state index in [9.17, 15) is 4.79 Å². The van der Waals surface area contributed by atoms with Crippen LogP contribution in [-0.4, -0.2) is 27.5 Å². The molecule has 5 heteroatoms. The molecule has 0 saturated carbocycles. The van der Waals surface area contributed by atoms with Gasteiger partial charge in [-0.2, -0.15) is 4.98 Å². The topological polar surface area (TPSA) is 59.2 Å². The van der Waals surface area contributed by atoms with E-state index in [1.54, 1.807) is 6.92 Å². The van der Waals surface area contributed by atoms with Crippen LogP contribution in [0.25, 0.3) is 0 Å². The Bertz CT molecular complexity index is 609. The third kappa shape index (κ3) is 2.96. The van der Waals surface area contributed by atoms with Gasteiger partial charge in [0.15, 0.2) is 5.82 Å². The molecule has 1 amide bonds. The van der Waals surface area contributed by atoms with Crippen LogP contribution in [0.3, 0.4) is 0 Å². The summed E-state index contributed by atoms with van der Waals surface area (Å²) in [6, 6.07) is 9.31. The Labute approximate surface area is 124 Å². The Hall–Kier alpha value is -2.17. The number of nitrogens with zero attached hydrogens (tertiary/aromatic N) is 3. The summed E-state index contributed by atoms with van der Waals surface area (Å²) in [7, 11) is 0. The molecular formula is C16H19N3O2. The second-order valence-electron chi connectivity index (χ2n) is 5.40. The fourth-order valence-corrected chi connectivity index (χ4v) is 2.82. The Kier molecular flexibility index (Phi) is 3.99. The highest BCUT2D eigenvalue weighted by Gasteiger charge is 2.30. The van der Waals surface area contributed by atoms with Gasteiger partial charge in [-0.1, -0.05) is 36.2 Å². The van der Waals surface area contributed by atoms with Crippen molar-refractivity contribution < 1.29 is 9.32 Å². The van der Waals surface area contributed by atoms with Crippen LogP contribution >= 0.6 is 0 Å². The minimum absolute atomic E-state index is 0.0463. The van der Waals surface area contributed by atoms with Gasteiger partial charge in [0.25, 0.3) is 5.91 Å². The average Bonchev–Trinajstić information content (AvgIpc) is 2.80. The van der Waals surface area contributed by atoms with Gasteiger partial charge in [0.05, 0.1) is 6.04 Å². The van der Waals surface area contributed by atoms with Crippen LogP contribution in [0.2, 0.25) is 0 Å². The largest absolute Gasteiger partial charge is 0.340 e. The van der Waals surface area contributed by atoms with E-state index >= 15 is 0 Å². The number of carbonyl (C=O) groups excluding carboxylic acids is 1. The number of likely N-dealkylation sites (tertiary alicyclic amines) is 1. The third-order valence-electron chi connectivity index (χ3n) is 3.88. The van der Waals surface area contributed by atoms with Crippen LogP contribution < -0.4 is 0 Å². The molecule has 1 aromatic carbocycles. The molecule has 0 N–H and O–H groups in total. The molecule has 1 saturated heterocycles. The first-order chi connectivity index (χ1) is 10.3. The number of amides is 1. The second kappa shape index (κ2) is 6.08.